The molecule has 0 aliphatic carbocycles. The topological polar surface area (TPSA) is 55.8 Å². The first-order valence-corrected chi connectivity index (χ1v) is 4.22. The largest absolute Gasteiger partial charge is 0.427 e. The Balaban J connectivity index is 2.73. The van der Waals surface area contributed by atoms with Gasteiger partial charge in [0.05, 0.1) is 0 Å². The molecular formula is C10H12O4. The van der Waals surface area contributed by atoms with E-state index >= 15 is 0 Å². The van der Waals surface area contributed by atoms with Gasteiger partial charge in [0.15, 0.2) is 0 Å². The molecule has 14 heavy (non-hydrogen) atoms. The summed E-state index contributed by atoms with van der Waals surface area (Å²) in [5.74, 6) is 0.121. The van der Waals surface area contributed by atoms with Gasteiger partial charge in [-0.2, -0.15) is 0 Å². The molecule has 0 heterocycles. The van der Waals surface area contributed by atoms with E-state index in [2.05, 4.69) is 4.89 Å². The number of carbonyl (C=O) groups is 1. The molecule has 0 aliphatic rings. The summed E-state index contributed by atoms with van der Waals surface area (Å²) in [4.78, 5) is 14.8. The van der Waals surface area contributed by atoms with Crippen molar-refractivity contribution in [2.24, 2.45) is 0 Å². The highest BCUT2D eigenvalue weighted by Gasteiger charge is 2.05. The third-order valence-electron chi connectivity index (χ3n) is 1.77. The molecule has 0 bridgehead atoms. The van der Waals surface area contributed by atoms with Crippen molar-refractivity contribution in [1.29, 1.82) is 0 Å². The van der Waals surface area contributed by atoms with E-state index in [1.54, 1.807) is 31.2 Å². The van der Waals surface area contributed by atoms with Crippen LogP contribution in [0.4, 0.5) is 0 Å². The van der Waals surface area contributed by atoms with Crippen LogP contribution in [0.2, 0.25) is 0 Å². The molecule has 76 valence electrons. The van der Waals surface area contributed by atoms with Crippen LogP contribution >= 0.6 is 0 Å². The van der Waals surface area contributed by atoms with Crippen LogP contribution in [0.15, 0.2) is 24.3 Å². The second kappa shape index (κ2) is 4.74. The van der Waals surface area contributed by atoms with Gasteiger partial charge in [-0.25, -0.2) is 4.89 Å². The number of esters is 1. The molecule has 0 aromatic heterocycles. The summed E-state index contributed by atoms with van der Waals surface area (Å²) in [7, 11) is 0. The summed E-state index contributed by atoms with van der Waals surface area (Å²) in [6, 6.07) is 6.73. The summed E-state index contributed by atoms with van der Waals surface area (Å²) in [5, 5.41) is 8.42. The molecular weight excluding hydrogens is 184 g/mol. The summed E-state index contributed by atoms with van der Waals surface area (Å²) < 4.78 is 4.84. The lowest BCUT2D eigenvalue weighted by Gasteiger charge is -2.08. The molecule has 1 aromatic carbocycles. The van der Waals surface area contributed by atoms with Gasteiger partial charge in [0.1, 0.15) is 11.9 Å². The quantitative estimate of drug-likeness (QED) is 0.348. The van der Waals surface area contributed by atoms with E-state index < -0.39 is 0 Å². The van der Waals surface area contributed by atoms with E-state index in [0.29, 0.717) is 5.75 Å². The zero-order valence-electron chi connectivity index (χ0n) is 8.06. The van der Waals surface area contributed by atoms with Crippen LogP contribution in [0.25, 0.3) is 0 Å². The van der Waals surface area contributed by atoms with Gasteiger partial charge in [0.25, 0.3) is 0 Å². The van der Waals surface area contributed by atoms with Gasteiger partial charge >= 0.3 is 5.97 Å². The Morgan fingerprint density at radius 1 is 1.36 bits per heavy atom. The van der Waals surface area contributed by atoms with E-state index in [0.717, 1.165) is 5.56 Å². The van der Waals surface area contributed by atoms with Gasteiger partial charge in [0.2, 0.25) is 0 Å². The molecule has 4 heteroatoms. The molecule has 1 N–H and O–H groups in total. The van der Waals surface area contributed by atoms with E-state index in [4.69, 9.17) is 9.99 Å². The van der Waals surface area contributed by atoms with Gasteiger partial charge < -0.3 is 4.74 Å². The Hall–Kier alpha value is -1.39. The number of hydrogen-bond acceptors (Lipinski definition) is 4. The molecule has 1 unspecified atom stereocenters. The lowest BCUT2D eigenvalue weighted by atomic mass is 10.1. The fourth-order valence-electron chi connectivity index (χ4n) is 1.03. The zero-order chi connectivity index (χ0) is 10.6. The molecule has 0 aliphatic heterocycles. The molecule has 0 spiro atoms. The molecule has 0 amide bonds. The minimum Gasteiger partial charge on any atom is -0.427 e. The van der Waals surface area contributed by atoms with Crippen molar-refractivity contribution >= 4 is 5.97 Å². The molecule has 0 saturated heterocycles. The second-order valence-electron chi connectivity index (χ2n) is 2.91. The number of ether oxygens (including phenoxy) is 1. The second-order valence-corrected chi connectivity index (χ2v) is 2.91. The van der Waals surface area contributed by atoms with Crippen LogP contribution in [-0.4, -0.2) is 11.2 Å². The number of rotatable bonds is 3. The number of carbonyl (C=O) groups excluding carboxylic acids is 1. The maximum atomic E-state index is 10.6. The fraction of sp³-hybridized carbons (Fsp3) is 0.300. The smallest absolute Gasteiger partial charge is 0.308 e. The first-order valence-electron chi connectivity index (χ1n) is 4.22. The molecule has 1 atom stereocenters. The molecule has 0 radical (unpaired) electrons. The molecule has 4 nitrogen and oxygen atoms in total. The van der Waals surface area contributed by atoms with Gasteiger partial charge in [-0.05, 0) is 24.6 Å². The van der Waals surface area contributed by atoms with E-state index in [9.17, 15) is 4.79 Å². The van der Waals surface area contributed by atoms with Crippen molar-refractivity contribution in [1.82, 2.24) is 0 Å². The third-order valence-corrected chi connectivity index (χ3v) is 1.77. The third kappa shape index (κ3) is 2.83. The standard InChI is InChI=1S/C10H12O4/c1-7(14-12)9-3-5-10(6-4-9)13-8(2)11/h3-7,12H,1-2H3. The predicted molar refractivity (Wildman–Crippen MR) is 49.9 cm³/mol. The van der Waals surface area contributed by atoms with Crippen molar-refractivity contribution in [3.63, 3.8) is 0 Å². The minimum atomic E-state index is -0.388. The van der Waals surface area contributed by atoms with E-state index in [-0.39, 0.29) is 12.1 Å². The minimum absolute atomic E-state index is 0.357. The highest BCUT2D eigenvalue weighted by Crippen LogP contribution is 2.19. The maximum absolute atomic E-state index is 10.6. The number of benzene rings is 1. The Kier molecular flexibility index (Phi) is 3.62. The SMILES string of the molecule is CC(=O)Oc1ccc(C(C)OO)cc1. The lowest BCUT2D eigenvalue weighted by Crippen LogP contribution is -2.02. The van der Waals surface area contributed by atoms with Crippen LogP contribution in [0.1, 0.15) is 25.5 Å². The van der Waals surface area contributed by atoms with E-state index in [1.807, 2.05) is 0 Å². The highest BCUT2D eigenvalue weighted by molar-refractivity contribution is 5.69. The van der Waals surface area contributed by atoms with E-state index in [1.165, 1.54) is 6.92 Å². The van der Waals surface area contributed by atoms with Crippen molar-refractivity contribution in [3.8, 4) is 5.75 Å². The summed E-state index contributed by atoms with van der Waals surface area (Å²) in [6.45, 7) is 3.05. The Labute approximate surface area is 82.0 Å². The van der Waals surface area contributed by atoms with Gasteiger partial charge in [-0.15, -0.1) is 0 Å². The summed E-state index contributed by atoms with van der Waals surface area (Å²) in [6.07, 6.45) is -0.388. The van der Waals surface area contributed by atoms with Crippen molar-refractivity contribution in [2.75, 3.05) is 0 Å². The highest BCUT2D eigenvalue weighted by atomic mass is 17.1. The van der Waals surface area contributed by atoms with Crippen LogP contribution in [0.5, 0.6) is 5.75 Å². The predicted octanol–water partition coefficient (Wildman–Crippen LogP) is 2.16. The Morgan fingerprint density at radius 3 is 2.36 bits per heavy atom. The van der Waals surface area contributed by atoms with Crippen LogP contribution in [-0.2, 0) is 9.68 Å². The van der Waals surface area contributed by atoms with Gasteiger partial charge in [-0.1, -0.05) is 12.1 Å². The van der Waals surface area contributed by atoms with Crippen LogP contribution in [0.3, 0.4) is 0 Å². The first-order chi connectivity index (χ1) is 6.63. The lowest BCUT2D eigenvalue weighted by molar-refractivity contribution is -0.277. The average molecular weight is 196 g/mol. The van der Waals surface area contributed by atoms with Gasteiger partial charge in [-0.3, -0.25) is 10.1 Å². The normalized spacial score (nSPS) is 12.2. The average Bonchev–Trinajstić information content (AvgIpc) is 2.17. The molecule has 0 fully saturated rings. The number of hydrogen-bond donors (Lipinski definition) is 1. The van der Waals surface area contributed by atoms with Crippen LogP contribution in [0, 0.1) is 0 Å². The Bertz CT molecular complexity index is 304. The monoisotopic (exact) mass is 196 g/mol. The molecule has 1 aromatic rings. The molecule has 0 saturated carbocycles. The van der Waals surface area contributed by atoms with Gasteiger partial charge in [0, 0.05) is 6.92 Å². The first kappa shape index (κ1) is 10.7. The summed E-state index contributed by atoms with van der Waals surface area (Å²) in [5.41, 5.74) is 0.809. The maximum Gasteiger partial charge on any atom is 0.308 e. The summed E-state index contributed by atoms with van der Waals surface area (Å²) >= 11 is 0. The van der Waals surface area contributed by atoms with Crippen LogP contribution < -0.4 is 4.74 Å². The Morgan fingerprint density at radius 2 is 1.93 bits per heavy atom. The van der Waals surface area contributed by atoms with Crippen molar-refractivity contribution in [3.05, 3.63) is 29.8 Å². The van der Waals surface area contributed by atoms with Crippen molar-refractivity contribution in [2.45, 2.75) is 20.0 Å². The fourth-order valence-corrected chi connectivity index (χ4v) is 1.03. The zero-order valence-corrected chi connectivity index (χ0v) is 8.06. The van der Waals surface area contributed by atoms with Crippen molar-refractivity contribution < 1.29 is 19.7 Å². The molecule has 1 rings (SSSR count).